The summed E-state index contributed by atoms with van der Waals surface area (Å²) >= 11 is 0. The molecular formula is C8H16F3NO. The minimum absolute atomic E-state index is 0.110. The molecule has 80 valence electrons. The molecule has 0 aliphatic carbocycles. The van der Waals surface area contributed by atoms with Crippen LogP contribution in [0.1, 0.15) is 19.3 Å². The Hall–Kier alpha value is -0.290. The van der Waals surface area contributed by atoms with Crippen molar-refractivity contribution < 1.29 is 17.9 Å². The van der Waals surface area contributed by atoms with Crippen LogP contribution in [-0.4, -0.2) is 33.0 Å². The van der Waals surface area contributed by atoms with Crippen LogP contribution in [0.3, 0.4) is 0 Å². The van der Waals surface area contributed by atoms with Crippen LogP contribution in [0.4, 0.5) is 13.2 Å². The lowest BCUT2D eigenvalue weighted by Crippen LogP contribution is -2.28. The lowest BCUT2D eigenvalue weighted by atomic mass is 10.1. The van der Waals surface area contributed by atoms with Crippen molar-refractivity contribution in [3.05, 3.63) is 0 Å². The minimum atomic E-state index is -4.05. The smallest absolute Gasteiger partial charge is 0.385 e. The highest BCUT2D eigenvalue weighted by atomic mass is 19.4. The van der Waals surface area contributed by atoms with Gasteiger partial charge < -0.3 is 10.1 Å². The van der Waals surface area contributed by atoms with E-state index in [2.05, 4.69) is 5.32 Å². The highest BCUT2D eigenvalue weighted by molar-refractivity contribution is 4.66. The number of methoxy groups -OCH3 is 1. The average molecular weight is 199 g/mol. The number of halogens is 3. The van der Waals surface area contributed by atoms with Gasteiger partial charge in [0.05, 0.1) is 0 Å². The summed E-state index contributed by atoms with van der Waals surface area (Å²) in [6.07, 6.45) is -4.06. The van der Waals surface area contributed by atoms with E-state index in [0.29, 0.717) is 13.0 Å². The summed E-state index contributed by atoms with van der Waals surface area (Å²) in [6, 6.07) is -0.110. The number of hydrogen-bond donors (Lipinski definition) is 1. The van der Waals surface area contributed by atoms with Gasteiger partial charge in [-0.1, -0.05) is 0 Å². The molecule has 0 aromatic carbocycles. The van der Waals surface area contributed by atoms with E-state index in [-0.39, 0.29) is 12.5 Å². The Labute approximate surface area is 76.5 Å². The van der Waals surface area contributed by atoms with Gasteiger partial charge in [0, 0.05) is 26.2 Å². The van der Waals surface area contributed by atoms with Crippen molar-refractivity contribution in [2.45, 2.75) is 31.5 Å². The number of hydrogen-bond acceptors (Lipinski definition) is 2. The molecule has 1 N–H and O–H groups in total. The zero-order valence-electron chi connectivity index (χ0n) is 7.95. The summed E-state index contributed by atoms with van der Waals surface area (Å²) in [7, 11) is 3.20. The Morgan fingerprint density at radius 3 is 2.31 bits per heavy atom. The largest absolute Gasteiger partial charge is 0.389 e. The molecule has 0 aromatic heterocycles. The lowest BCUT2D eigenvalue weighted by Gasteiger charge is -2.16. The third-order valence-corrected chi connectivity index (χ3v) is 1.85. The monoisotopic (exact) mass is 199 g/mol. The van der Waals surface area contributed by atoms with Gasteiger partial charge in [0.15, 0.2) is 0 Å². The second kappa shape index (κ2) is 6.21. The predicted molar refractivity (Wildman–Crippen MR) is 44.6 cm³/mol. The molecule has 0 saturated heterocycles. The molecule has 0 amide bonds. The third-order valence-electron chi connectivity index (χ3n) is 1.85. The van der Waals surface area contributed by atoms with Crippen molar-refractivity contribution in [2.75, 3.05) is 20.8 Å². The Bertz CT molecular complexity index is 127. The summed E-state index contributed by atoms with van der Waals surface area (Å²) < 4.78 is 40.2. The molecule has 0 aromatic rings. The van der Waals surface area contributed by atoms with Gasteiger partial charge in [0.1, 0.15) is 0 Å². The van der Waals surface area contributed by atoms with Crippen molar-refractivity contribution in [3.63, 3.8) is 0 Å². The fourth-order valence-electron chi connectivity index (χ4n) is 1.03. The normalized spacial score (nSPS) is 14.5. The van der Waals surface area contributed by atoms with Crippen LogP contribution in [0.25, 0.3) is 0 Å². The molecule has 5 heteroatoms. The zero-order chi connectivity index (χ0) is 10.3. The Morgan fingerprint density at radius 2 is 1.92 bits per heavy atom. The summed E-state index contributed by atoms with van der Waals surface area (Å²) in [6.45, 7) is 0.489. The summed E-state index contributed by atoms with van der Waals surface area (Å²) in [5.74, 6) is 0. The van der Waals surface area contributed by atoms with E-state index in [0.717, 1.165) is 0 Å². The highest BCUT2D eigenvalue weighted by Gasteiger charge is 2.27. The van der Waals surface area contributed by atoms with Crippen molar-refractivity contribution in [1.82, 2.24) is 5.32 Å². The van der Waals surface area contributed by atoms with Crippen molar-refractivity contribution in [1.29, 1.82) is 0 Å². The van der Waals surface area contributed by atoms with Gasteiger partial charge >= 0.3 is 6.18 Å². The van der Waals surface area contributed by atoms with Crippen molar-refractivity contribution in [3.8, 4) is 0 Å². The first-order chi connectivity index (χ1) is 5.99. The number of nitrogens with one attached hydrogen (secondary N) is 1. The minimum Gasteiger partial charge on any atom is -0.385 e. The van der Waals surface area contributed by atoms with E-state index in [9.17, 15) is 13.2 Å². The standard InChI is InChI=1S/C8H16F3NO/c1-12-7(4-6-13-2)3-5-8(9,10)11/h7,12H,3-6H2,1-2H3. The molecular weight excluding hydrogens is 183 g/mol. The molecule has 0 spiro atoms. The Kier molecular flexibility index (Phi) is 6.07. The Balaban J connectivity index is 3.59. The molecule has 2 nitrogen and oxygen atoms in total. The maximum Gasteiger partial charge on any atom is 0.389 e. The van der Waals surface area contributed by atoms with Gasteiger partial charge in [-0.3, -0.25) is 0 Å². The molecule has 0 rings (SSSR count). The summed E-state index contributed by atoms with van der Waals surface area (Å²) in [5.41, 5.74) is 0. The van der Waals surface area contributed by atoms with Crippen LogP contribution >= 0.6 is 0 Å². The molecule has 0 aliphatic heterocycles. The molecule has 0 bridgehead atoms. The molecule has 0 radical (unpaired) electrons. The highest BCUT2D eigenvalue weighted by Crippen LogP contribution is 2.22. The summed E-state index contributed by atoms with van der Waals surface area (Å²) in [4.78, 5) is 0. The average Bonchev–Trinajstić information content (AvgIpc) is 2.03. The number of ether oxygens (including phenoxy) is 1. The predicted octanol–water partition coefficient (Wildman–Crippen LogP) is 1.95. The molecule has 1 atom stereocenters. The van der Waals surface area contributed by atoms with E-state index in [1.165, 1.54) is 7.11 Å². The third kappa shape index (κ3) is 8.05. The van der Waals surface area contributed by atoms with E-state index >= 15 is 0 Å². The molecule has 0 heterocycles. The fourth-order valence-corrected chi connectivity index (χ4v) is 1.03. The van der Waals surface area contributed by atoms with Crippen molar-refractivity contribution >= 4 is 0 Å². The topological polar surface area (TPSA) is 21.3 Å². The molecule has 13 heavy (non-hydrogen) atoms. The van der Waals surface area contributed by atoms with Crippen LogP contribution in [0.5, 0.6) is 0 Å². The SMILES string of the molecule is CNC(CCOC)CCC(F)(F)F. The number of rotatable bonds is 6. The van der Waals surface area contributed by atoms with Gasteiger partial charge in [-0.2, -0.15) is 13.2 Å². The molecule has 1 unspecified atom stereocenters. The van der Waals surface area contributed by atoms with Gasteiger partial charge in [-0.25, -0.2) is 0 Å². The van der Waals surface area contributed by atoms with Gasteiger partial charge in [-0.15, -0.1) is 0 Å². The quantitative estimate of drug-likeness (QED) is 0.706. The van der Waals surface area contributed by atoms with Crippen LogP contribution < -0.4 is 5.32 Å². The van der Waals surface area contributed by atoms with Crippen LogP contribution in [0.15, 0.2) is 0 Å². The van der Waals surface area contributed by atoms with Gasteiger partial charge in [0.25, 0.3) is 0 Å². The van der Waals surface area contributed by atoms with Crippen molar-refractivity contribution in [2.24, 2.45) is 0 Å². The number of alkyl halides is 3. The Morgan fingerprint density at radius 1 is 1.31 bits per heavy atom. The molecule has 0 fully saturated rings. The van der Waals surface area contributed by atoms with Crippen LogP contribution in [0, 0.1) is 0 Å². The van der Waals surface area contributed by atoms with Gasteiger partial charge in [-0.05, 0) is 19.9 Å². The zero-order valence-corrected chi connectivity index (χ0v) is 7.95. The van der Waals surface area contributed by atoms with E-state index < -0.39 is 12.6 Å². The maximum absolute atomic E-state index is 11.8. The molecule has 0 aliphatic rings. The van der Waals surface area contributed by atoms with Crippen LogP contribution in [-0.2, 0) is 4.74 Å². The first-order valence-corrected chi connectivity index (χ1v) is 4.22. The molecule has 0 saturated carbocycles. The van der Waals surface area contributed by atoms with Crippen LogP contribution in [0.2, 0.25) is 0 Å². The summed E-state index contributed by atoms with van der Waals surface area (Å²) in [5, 5.41) is 2.83. The first-order valence-electron chi connectivity index (χ1n) is 4.22. The van der Waals surface area contributed by atoms with E-state index in [1.807, 2.05) is 0 Å². The van der Waals surface area contributed by atoms with Gasteiger partial charge in [0.2, 0.25) is 0 Å². The lowest BCUT2D eigenvalue weighted by molar-refractivity contribution is -0.136. The second-order valence-corrected chi connectivity index (χ2v) is 2.92. The van der Waals surface area contributed by atoms with E-state index in [1.54, 1.807) is 7.05 Å². The fraction of sp³-hybridized carbons (Fsp3) is 1.00. The maximum atomic E-state index is 11.8. The first kappa shape index (κ1) is 12.7. The second-order valence-electron chi connectivity index (χ2n) is 2.92. The van der Waals surface area contributed by atoms with E-state index in [4.69, 9.17) is 4.74 Å².